The molecule has 0 unspecified atom stereocenters. The first-order valence-corrected chi connectivity index (χ1v) is 9.65. The number of rotatable bonds is 3. The lowest BCUT2D eigenvalue weighted by Gasteiger charge is -2.20. The second-order valence-electron chi connectivity index (χ2n) is 5.73. The summed E-state index contributed by atoms with van der Waals surface area (Å²) in [4.78, 5) is 14.5. The molecule has 126 valence electrons. The molecule has 3 rings (SSSR count). The van der Waals surface area contributed by atoms with Crippen molar-refractivity contribution >= 4 is 38.9 Å². The van der Waals surface area contributed by atoms with Gasteiger partial charge in [0.15, 0.2) is 0 Å². The van der Waals surface area contributed by atoms with Gasteiger partial charge in [-0.05, 0) is 36.2 Å². The Morgan fingerprint density at radius 1 is 1.21 bits per heavy atom. The molecule has 5 nitrogen and oxygen atoms in total. The molecule has 1 aliphatic rings. The fraction of sp³-hybridized carbons (Fsp3) is 0.235. The number of anilines is 2. The van der Waals surface area contributed by atoms with Gasteiger partial charge >= 0.3 is 0 Å². The Labute approximate surface area is 146 Å². The van der Waals surface area contributed by atoms with Gasteiger partial charge in [0.2, 0.25) is 10.0 Å². The van der Waals surface area contributed by atoms with Crippen molar-refractivity contribution < 1.29 is 13.2 Å². The average Bonchev–Trinajstić information content (AvgIpc) is 2.96. The lowest BCUT2D eigenvalue weighted by atomic mass is 10.1. The highest BCUT2D eigenvalue weighted by Gasteiger charge is 2.26. The number of carbonyl (C=O) groups is 1. The summed E-state index contributed by atoms with van der Waals surface area (Å²) in [5.41, 5.74) is 2.81. The summed E-state index contributed by atoms with van der Waals surface area (Å²) in [6, 6.07) is 12.4. The van der Waals surface area contributed by atoms with Crippen LogP contribution in [-0.4, -0.2) is 34.2 Å². The van der Waals surface area contributed by atoms with Gasteiger partial charge < -0.3 is 4.90 Å². The molecule has 0 radical (unpaired) electrons. The highest BCUT2D eigenvalue weighted by Crippen LogP contribution is 2.31. The molecule has 7 heteroatoms. The van der Waals surface area contributed by atoms with E-state index in [-0.39, 0.29) is 10.9 Å². The van der Waals surface area contributed by atoms with E-state index in [0.717, 1.165) is 28.2 Å². The maximum Gasteiger partial charge on any atom is 0.259 e. The van der Waals surface area contributed by atoms with Gasteiger partial charge in [-0.1, -0.05) is 29.8 Å². The van der Waals surface area contributed by atoms with E-state index in [0.29, 0.717) is 17.8 Å². The molecule has 0 aliphatic carbocycles. The monoisotopic (exact) mass is 364 g/mol. The van der Waals surface area contributed by atoms with Crippen molar-refractivity contribution in [2.45, 2.75) is 6.42 Å². The van der Waals surface area contributed by atoms with Gasteiger partial charge in [0.05, 0.1) is 22.5 Å². The van der Waals surface area contributed by atoms with E-state index < -0.39 is 10.0 Å². The van der Waals surface area contributed by atoms with E-state index in [1.54, 1.807) is 17.0 Å². The Kier molecular flexibility index (Phi) is 4.27. The van der Waals surface area contributed by atoms with Crippen LogP contribution in [0.25, 0.3) is 0 Å². The van der Waals surface area contributed by atoms with Crippen LogP contribution in [0.3, 0.4) is 0 Å². The van der Waals surface area contributed by atoms with Gasteiger partial charge in [-0.15, -0.1) is 0 Å². The van der Waals surface area contributed by atoms with Gasteiger partial charge in [0.25, 0.3) is 5.91 Å². The fourth-order valence-corrected chi connectivity index (χ4v) is 3.51. The van der Waals surface area contributed by atoms with Gasteiger partial charge in [-0.3, -0.25) is 9.10 Å². The topological polar surface area (TPSA) is 57.7 Å². The number of hydrogen-bond donors (Lipinski definition) is 0. The maximum atomic E-state index is 12.8. The molecule has 0 saturated carbocycles. The zero-order valence-corrected chi connectivity index (χ0v) is 14.9. The first-order chi connectivity index (χ1) is 11.3. The van der Waals surface area contributed by atoms with Crippen LogP contribution in [0.2, 0.25) is 5.02 Å². The second kappa shape index (κ2) is 6.11. The first kappa shape index (κ1) is 16.8. The molecular weight excluding hydrogens is 348 g/mol. The van der Waals surface area contributed by atoms with Crippen LogP contribution in [0.4, 0.5) is 11.4 Å². The fourth-order valence-electron chi connectivity index (χ4n) is 2.76. The normalized spacial score (nSPS) is 13.7. The van der Waals surface area contributed by atoms with Crippen LogP contribution < -0.4 is 9.21 Å². The average molecular weight is 365 g/mol. The second-order valence-corrected chi connectivity index (χ2v) is 8.15. The quantitative estimate of drug-likeness (QED) is 0.841. The minimum absolute atomic E-state index is 0.182. The van der Waals surface area contributed by atoms with Gasteiger partial charge in [-0.25, -0.2) is 8.42 Å². The third-order valence-electron chi connectivity index (χ3n) is 4.18. The van der Waals surface area contributed by atoms with Crippen molar-refractivity contribution in [1.29, 1.82) is 0 Å². The van der Waals surface area contributed by atoms with E-state index >= 15 is 0 Å². The van der Waals surface area contributed by atoms with Gasteiger partial charge in [0.1, 0.15) is 0 Å². The zero-order valence-electron chi connectivity index (χ0n) is 13.4. The summed E-state index contributed by atoms with van der Waals surface area (Å²) >= 11 is 6.25. The maximum absolute atomic E-state index is 12.8. The molecule has 0 spiro atoms. The van der Waals surface area contributed by atoms with Crippen molar-refractivity contribution in [1.82, 2.24) is 0 Å². The van der Waals surface area contributed by atoms with Crippen LogP contribution in [0.1, 0.15) is 15.9 Å². The third-order valence-corrected chi connectivity index (χ3v) is 5.69. The number of amides is 1. The predicted molar refractivity (Wildman–Crippen MR) is 96.5 cm³/mol. The number of sulfonamides is 1. The molecule has 2 aromatic rings. The van der Waals surface area contributed by atoms with Crippen molar-refractivity contribution in [3.05, 3.63) is 58.6 Å². The number of fused-ring (bicyclic) bond motifs is 1. The molecule has 0 fully saturated rings. The minimum atomic E-state index is -3.38. The van der Waals surface area contributed by atoms with Gasteiger partial charge in [-0.2, -0.15) is 0 Å². The summed E-state index contributed by atoms with van der Waals surface area (Å²) in [6.07, 6.45) is 1.93. The van der Waals surface area contributed by atoms with E-state index in [2.05, 4.69) is 0 Å². The molecule has 1 heterocycles. The Morgan fingerprint density at radius 2 is 1.92 bits per heavy atom. The zero-order chi connectivity index (χ0) is 17.5. The summed E-state index contributed by atoms with van der Waals surface area (Å²) in [6.45, 7) is 0.611. The van der Waals surface area contributed by atoms with Crippen molar-refractivity contribution in [2.75, 3.05) is 29.1 Å². The summed E-state index contributed by atoms with van der Waals surface area (Å²) in [5.74, 6) is -0.182. The third kappa shape index (κ3) is 2.99. The Hall–Kier alpha value is -2.05. The molecule has 0 saturated heterocycles. The van der Waals surface area contributed by atoms with Crippen LogP contribution >= 0.6 is 11.6 Å². The van der Waals surface area contributed by atoms with Gasteiger partial charge in [0, 0.05) is 19.3 Å². The lowest BCUT2D eigenvalue weighted by Crippen LogP contribution is -2.29. The van der Waals surface area contributed by atoms with Crippen LogP contribution in [0, 0.1) is 0 Å². The molecule has 0 atom stereocenters. The largest absolute Gasteiger partial charge is 0.308 e. The molecule has 0 aromatic heterocycles. The first-order valence-electron chi connectivity index (χ1n) is 7.42. The summed E-state index contributed by atoms with van der Waals surface area (Å²) < 4.78 is 24.4. The summed E-state index contributed by atoms with van der Waals surface area (Å²) in [7, 11) is -1.94. The molecule has 0 bridgehead atoms. The van der Waals surface area contributed by atoms with E-state index in [4.69, 9.17) is 11.6 Å². The van der Waals surface area contributed by atoms with Crippen molar-refractivity contribution in [3.63, 3.8) is 0 Å². The number of para-hydroxylation sites is 1. The van der Waals surface area contributed by atoms with E-state index in [1.165, 1.54) is 13.1 Å². The standard InChI is InChI=1S/C17H17ClN2O3S/c1-19(24(2,22)23)13-7-8-14(15(18)11-13)17(21)20-10-9-12-5-3-4-6-16(12)20/h3-8,11H,9-10H2,1-2H3. The Balaban J connectivity index is 1.92. The number of benzene rings is 2. The molecular formula is C17H17ClN2O3S. The number of carbonyl (C=O) groups excluding carboxylic acids is 1. The summed E-state index contributed by atoms with van der Waals surface area (Å²) in [5, 5.41) is 0.234. The van der Waals surface area contributed by atoms with Crippen LogP contribution in [-0.2, 0) is 16.4 Å². The Morgan fingerprint density at radius 3 is 2.58 bits per heavy atom. The molecule has 24 heavy (non-hydrogen) atoms. The molecule has 2 aromatic carbocycles. The number of hydrogen-bond acceptors (Lipinski definition) is 3. The number of halogens is 1. The van der Waals surface area contributed by atoms with Crippen LogP contribution in [0.5, 0.6) is 0 Å². The van der Waals surface area contributed by atoms with Crippen molar-refractivity contribution in [2.24, 2.45) is 0 Å². The smallest absolute Gasteiger partial charge is 0.259 e. The highest BCUT2D eigenvalue weighted by molar-refractivity contribution is 7.92. The predicted octanol–water partition coefficient (Wildman–Crippen LogP) is 2.94. The lowest BCUT2D eigenvalue weighted by molar-refractivity contribution is 0.0989. The van der Waals surface area contributed by atoms with Crippen LogP contribution in [0.15, 0.2) is 42.5 Å². The van der Waals surface area contributed by atoms with Crippen molar-refractivity contribution in [3.8, 4) is 0 Å². The van der Waals surface area contributed by atoms with E-state index in [1.807, 2.05) is 24.3 Å². The molecule has 1 amide bonds. The van der Waals surface area contributed by atoms with E-state index in [9.17, 15) is 13.2 Å². The number of nitrogens with zero attached hydrogens (tertiary/aromatic N) is 2. The Bertz CT molecular complexity index is 912. The highest BCUT2D eigenvalue weighted by atomic mass is 35.5. The minimum Gasteiger partial charge on any atom is -0.308 e. The molecule has 0 N–H and O–H groups in total. The molecule has 1 aliphatic heterocycles. The SMILES string of the molecule is CN(c1ccc(C(=O)N2CCc3ccccc32)c(Cl)c1)S(C)(=O)=O.